The number of ether oxygens (including phenoxy) is 4. The van der Waals surface area contributed by atoms with Gasteiger partial charge in [0.05, 0.1) is 20.2 Å². The Morgan fingerprint density at radius 2 is 1.70 bits per heavy atom. The molecule has 0 unspecified atom stereocenters. The molecule has 0 aromatic heterocycles. The standard InChI is InChI=1S/C26H39N3O8/c1-25(2,3)36-24(33)29-18-26(4,5)37-23(32)27-15-11-10-14-20(22(31)34-6)28-16-21(30)35-17-19-12-8-7-9-13-19/h7-9,12-13,15,20,28H,10-11,14,16-18H2,1-6H3,(H,29,33)/t20-/m0/s1. The van der Waals surface area contributed by atoms with Gasteiger partial charge in [0.2, 0.25) is 0 Å². The lowest BCUT2D eigenvalue weighted by atomic mass is 10.1. The van der Waals surface area contributed by atoms with E-state index in [0.717, 1.165) is 5.56 Å². The molecule has 0 spiro atoms. The maximum atomic E-state index is 12.0. The maximum absolute atomic E-state index is 12.0. The Bertz CT molecular complexity index is 910. The highest BCUT2D eigenvalue weighted by atomic mass is 16.6. The number of esters is 2. The van der Waals surface area contributed by atoms with Crippen LogP contribution < -0.4 is 10.6 Å². The zero-order valence-corrected chi connectivity index (χ0v) is 22.5. The highest BCUT2D eigenvalue weighted by Crippen LogP contribution is 2.11. The smallest absolute Gasteiger partial charge is 0.433 e. The van der Waals surface area contributed by atoms with Crippen molar-refractivity contribution in [3.05, 3.63) is 35.9 Å². The fraction of sp³-hybridized carbons (Fsp3) is 0.577. The molecule has 37 heavy (non-hydrogen) atoms. The Kier molecular flexibility index (Phi) is 13.3. The van der Waals surface area contributed by atoms with E-state index in [1.54, 1.807) is 34.6 Å². The summed E-state index contributed by atoms with van der Waals surface area (Å²) < 4.78 is 20.4. The summed E-state index contributed by atoms with van der Waals surface area (Å²) in [5, 5.41) is 5.40. The highest BCUT2D eigenvalue weighted by molar-refractivity contribution is 5.80. The molecule has 11 nitrogen and oxygen atoms in total. The van der Waals surface area contributed by atoms with Crippen LogP contribution in [0.1, 0.15) is 59.4 Å². The summed E-state index contributed by atoms with van der Waals surface area (Å²) in [6.45, 7) is 8.54. The number of carbonyl (C=O) groups is 4. The SMILES string of the molecule is COC(=O)[C@H](CCCC=NC(=O)OC(C)(C)CNC(=O)OC(C)(C)C)NCC(=O)OCc1ccccc1. The number of amides is 2. The summed E-state index contributed by atoms with van der Waals surface area (Å²) in [5.41, 5.74) is -0.773. The lowest BCUT2D eigenvalue weighted by Crippen LogP contribution is -2.43. The van der Waals surface area contributed by atoms with Crippen molar-refractivity contribution in [3.8, 4) is 0 Å². The third kappa shape index (κ3) is 15.3. The van der Waals surface area contributed by atoms with E-state index < -0.39 is 41.4 Å². The number of alkyl carbamates (subject to hydrolysis) is 1. The van der Waals surface area contributed by atoms with E-state index in [1.807, 2.05) is 30.3 Å². The van der Waals surface area contributed by atoms with Crippen LogP contribution in [-0.4, -0.2) is 67.8 Å². The van der Waals surface area contributed by atoms with Gasteiger partial charge in [0.25, 0.3) is 0 Å². The number of benzene rings is 1. The van der Waals surface area contributed by atoms with Gasteiger partial charge in [0.15, 0.2) is 0 Å². The van der Waals surface area contributed by atoms with Gasteiger partial charge in [-0.15, -0.1) is 0 Å². The molecule has 0 saturated carbocycles. The first-order valence-electron chi connectivity index (χ1n) is 12.0. The summed E-state index contributed by atoms with van der Waals surface area (Å²) in [6.07, 6.45) is 1.21. The minimum Gasteiger partial charge on any atom is -0.468 e. The summed E-state index contributed by atoms with van der Waals surface area (Å²) >= 11 is 0. The highest BCUT2D eigenvalue weighted by Gasteiger charge is 2.25. The molecular formula is C26H39N3O8. The number of hydrogen-bond acceptors (Lipinski definition) is 9. The first-order valence-corrected chi connectivity index (χ1v) is 12.0. The molecule has 1 aromatic carbocycles. The molecule has 2 N–H and O–H groups in total. The van der Waals surface area contributed by atoms with Crippen molar-refractivity contribution in [2.24, 2.45) is 4.99 Å². The molecule has 206 valence electrons. The Hall–Kier alpha value is -3.47. The molecule has 0 fully saturated rings. The van der Waals surface area contributed by atoms with Crippen LogP contribution in [0.25, 0.3) is 0 Å². The summed E-state index contributed by atoms with van der Waals surface area (Å²) in [7, 11) is 1.27. The van der Waals surface area contributed by atoms with Gasteiger partial charge in [-0.25, -0.2) is 9.59 Å². The fourth-order valence-corrected chi connectivity index (χ4v) is 2.89. The predicted molar refractivity (Wildman–Crippen MR) is 137 cm³/mol. The van der Waals surface area contributed by atoms with Crippen LogP contribution in [0.2, 0.25) is 0 Å². The van der Waals surface area contributed by atoms with Crippen LogP contribution in [0.15, 0.2) is 35.3 Å². The molecule has 2 amide bonds. The number of hydrogen-bond donors (Lipinski definition) is 2. The van der Waals surface area contributed by atoms with E-state index in [9.17, 15) is 19.2 Å². The monoisotopic (exact) mass is 521 g/mol. The molecule has 1 rings (SSSR count). The molecule has 0 aliphatic heterocycles. The maximum Gasteiger partial charge on any atom is 0.433 e. The van der Waals surface area contributed by atoms with Crippen molar-refractivity contribution in [2.75, 3.05) is 20.2 Å². The second kappa shape index (κ2) is 15.6. The Morgan fingerprint density at radius 1 is 1.03 bits per heavy atom. The quantitative estimate of drug-likeness (QED) is 0.172. The molecule has 0 radical (unpaired) electrons. The summed E-state index contributed by atoms with van der Waals surface area (Å²) in [6, 6.07) is 8.54. The largest absolute Gasteiger partial charge is 0.468 e. The molecule has 11 heteroatoms. The van der Waals surface area contributed by atoms with Gasteiger partial charge in [-0.05, 0) is 59.4 Å². The van der Waals surface area contributed by atoms with Gasteiger partial charge in [0, 0.05) is 6.21 Å². The number of aliphatic imine (C=N–C) groups is 1. The van der Waals surface area contributed by atoms with Crippen molar-refractivity contribution in [1.82, 2.24) is 10.6 Å². The van der Waals surface area contributed by atoms with E-state index >= 15 is 0 Å². The second-order valence-electron chi connectivity index (χ2n) is 9.83. The van der Waals surface area contributed by atoms with Crippen molar-refractivity contribution >= 4 is 30.3 Å². The average Bonchev–Trinajstić information content (AvgIpc) is 2.82. The summed E-state index contributed by atoms with van der Waals surface area (Å²) in [4.78, 5) is 51.6. The van der Waals surface area contributed by atoms with Crippen LogP contribution in [0.3, 0.4) is 0 Å². The van der Waals surface area contributed by atoms with Crippen LogP contribution in [0, 0.1) is 0 Å². The third-order valence-corrected chi connectivity index (χ3v) is 4.66. The van der Waals surface area contributed by atoms with E-state index in [0.29, 0.717) is 19.3 Å². The number of nitrogens with zero attached hydrogens (tertiary/aromatic N) is 1. The number of carbonyl (C=O) groups excluding carboxylic acids is 4. The van der Waals surface area contributed by atoms with Crippen molar-refractivity contribution < 1.29 is 38.1 Å². The number of unbranched alkanes of at least 4 members (excludes halogenated alkanes) is 1. The van der Waals surface area contributed by atoms with Gasteiger partial charge in [-0.2, -0.15) is 4.99 Å². The summed E-state index contributed by atoms with van der Waals surface area (Å²) in [5.74, 6) is -1.00. The minimum atomic E-state index is -1.000. The number of nitrogens with one attached hydrogen (secondary N) is 2. The van der Waals surface area contributed by atoms with E-state index in [-0.39, 0.29) is 19.7 Å². The minimum absolute atomic E-state index is 0.0451. The molecule has 0 heterocycles. The van der Waals surface area contributed by atoms with Gasteiger partial charge >= 0.3 is 24.1 Å². The molecule has 0 aliphatic carbocycles. The van der Waals surface area contributed by atoms with E-state index in [1.165, 1.54) is 13.3 Å². The molecule has 1 atom stereocenters. The fourth-order valence-electron chi connectivity index (χ4n) is 2.89. The molecular weight excluding hydrogens is 482 g/mol. The topological polar surface area (TPSA) is 142 Å². The number of rotatable bonds is 13. The Labute approximate surface area is 218 Å². The second-order valence-corrected chi connectivity index (χ2v) is 9.83. The zero-order chi connectivity index (χ0) is 27.9. The van der Waals surface area contributed by atoms with Crippen molar-refractivity contribution in [1.29, 1.82) is 0 Å². The lowest BCUT2D eigenvalue weighted by Gasteiger charge is -2.25. The lowest BCUT2D eigenvalue weighted by molar-refractivity contribution is -0.146. The average molecular weight is 522 g/mol. The Morgan fingerprint density at radius 3 is 2.32 bits per heavy atom. The zero-order valence-electron chi connectivity index (χ0n) is 22.5. The Balaban J connectivity index is 2.37. The molecule has 0 saturated heterocycles. The van der Waals surface area contributed by atoms with Crippen molar-refractivity contribution in [2.45, 2.75) is 77.7 Å². The molecule has 0 bridgehead atoms. The molecule has 1 aromatic rings. The van der Waals surface area contributed by atoms with E-state index in [4.69, 9.17) is 18.9 Å². The van der Waals surface area contributed by atoms with Crippen LogP contribution in [-0.2, 0) is 35.1 Å². The first kappa shape index (κ1) is 31.6. The van der Waals surface area contributed by atoms with E-state index in [2.05, 4.69) is 15.6 Å². The van der Waals surface area contributed by atoms with Gasteiger partial charge < -0.3 is 24.3 Å². The van der Waals surface area contributed by atoms with Crippen LogP contribution in [0.5, 0.6) is 0 Å². The predicted octanol–water partition coefficient (Wildman–Crippen LogP) is 3.54. The normalized spacial score (nSPS) is 12.5. The van der Waals surface area contributed by atoms with Gasteiger partial charge in [0.1, 0.15) is 23.9 Å². The van der Waals surface area contributed by atoms with Crippen molar-refractivity contribution in [3.63, 3.8) is 0 Å². The molecule has 0 aliphatic rings. The first-order chi connectivity index (χ1) is 17.3. The third-order valence-electron chi connectivity index (χ3n) is 4.66. The van der Waals surface area contributed by atoms with Gasteiger partial charge in [-0.1, -0.05) is 30.3 Å². The van der Waals surface area contributed by atoms with Crippen LogP contribution in [0.4, 0.5) is 9.59 Å². The van der Waals surface area contributed by atoms with Gasteiger partial charge in [-0.3, -0.25) is 14.9 Å². The van der Waals surface area contributed by atoms with Crippen LogP contribution >= 0.6 is 0 Å². The number of methoxy groups -OCH3 is 1.